The Labute approximate surface area is 149 Å². The van der Waals surface area contributed by atoms with Crippen LogP contribution < -0.4 is 0 Å². The lowest BCUT2D eigenvalue weighted by Crippen LogP contribution is -2.12. The van der Waals surface area contributed by atoms with Crippen molar-refractivity contribution in [2.75, 3.05) is 13.2 Å². The van der Waals surface area contributed by atoms with Crippen LogP contribution in [-0.4, -0.2) is 34.0 Å². The molecule has 1 aliphatic rings. The fourth-order valence-electron chi connectivity index (χ4n) is 3.44. The number of nitrogens with zero attached hydrogens (tertiary/aromatic N) is 3. The molecule has 2 aromatic carbocycles. The molecule has 1 fully saturated rings. The van der Waals surface area contributed by atoms with Crippen LogP contribution in [0.4, 0.5) is 0 Å². The highest BCUT2D eigenvalue weighted by atomic mass is 35.5. The van der Waals surface area contributed by atoms with Gasteiger partial charge in [-0.3, -0.25) is 0 Å². The van der Waals surface area contributed by atoms with Crippen molar-refractivity contribution < 1.29 is 9.47 Å². The molecule has 4 aromatic rings. The first-order valence-corrected chi connectivity index (χ1v) is 8.75. The predicted molar refractivity (Wildman–Crippen MR) is 97.9 cm³/mol. The van der Waals surface area contributed by atoms with E-state index in [1.165, 1.54) is 0 Å². The number of hydrogen-bond donors (Lipinski definition) is 0. The number of halogens is 1. The van der Waals surface area contributed by atoms with Crippen molar-refractivity contribution in [2.45, 2.75) is 19.3 Å². The number of hydrogen-bond acceptors (Lipinski definition) is 4. The minimum Gasteiger partial charge on any atom is -0.350 e. The molecule has 0 saturated carbocycles. The molecule has 1 saturated heterocycles. The van der Waals surface area contributed by atoms with Gasteiger partial charge in [-0.2, -0.15) is 0 Å². The topological polar surface area (TPSA) is 49.2 Å². The number of rotatable bonds is 3. The molecule has 0 atom stereocenters. The van der Waals surface area contributed by atoms with E-state index >= 15 is 0 Å². The summed E-state index contributed by atoms with van der Waals surface area (Å²) >= 11 is 6.23. The monoisotopic (exact) mass is 353 g/mol. The van der Waals surface area contributed by atoms with Crippen LogP contribution in [0, 0.1) is 0 Å². The molecule has 6 heteroatoms. The molecule has 5 rings (SSSR count). The maximum absolute atomic E-state index is 6.23. The van der Waals surface area contributed by atoms with Crippen LogP contribution in [0.3, 0.4) is 0 Å². The predicted octanol–water partition coefficient (Wildman–Crippen LogP) is 4.15. The van der Waals surface area contributed by atoms with E-state index < -0.39 is 0 Å². The summed E-state index contributed by atoms with van der Waals surface area (Å²) in [4.78, 5) is 9.71. The summed E-state index contributed by atoms with van der Waals surface area (Å²) in [7, 11) is 0. The SMILES string of the molecule is Clc1ccc2c(c1)c1nc3ccccc3nc1n2CCC1OCCO1. The third kappa shape index (κ3) is 2.56. The molecule has 3 heterocycles. The van der Waals surface area contributed by atoms with Gasteiger partial charge >= 0.3 is 0 Å². The molecule has 126 valence electrons. The van der Waals surface area contributed by atoms with Crippen LogP contribution in [0.2, 0.25) is 5.02 Å². The summed E-state index contributed by atoms with van der Waals surface area (Å²) < 4.78 is 13.3. The Morgan fingerprint density at radius 2 is 1.80 bits per heavy atom. The molecule has 2 aromatic heterocycles. The number of ether oxygens (including phenoxy) is 2. The van der Waals surface area contributed by atoms with Crippen molar-refractivity contribution in [1.29, 1.82) is 0 Å². The third-order valence-corrected chi connectivity index (χ3v) is 4.83. The molecule has 0 aliphatic carbocycles. The normalized spacial score (nSPS) is 15.7. The van der Waals surface area contributed by atoms with Crippen molar-refractivity contribution in [1.82, 2.24) is 14.5 Å². The highest BCUT2D eigenvalue weighted by molar-refractivity contribution is 6.31. The van der Waals surface area contributed by atoms with Crippen molar-refractivity contribution in [3.05, 3.63) is 47.5 Å². The number of fused-ring (bicyclic) bond motifs is 4. The minimum absolute atomic E-state index is 0.145. The van der Waals surface area contributed by atoms with Gasteiger partial charge in [0.15, 0.2) is 11.9 Å². The minimum atomic E-state index is -0.145. The van der Waals surface area contributed by atoms with Gasteiger partial charge in [0.2, 0.25) is 0 Å². The maximum atomic E-state index is 6.23. The molecule has 0 N–H and O–H groups in total. The summed E-state index contributed by atoms with van der Waals surface area (Å²) in [6, 6.07) is 13.8. The Balaban J connectivity index is 1.72. The zero-order valence-corrected chi connectivity index (χ0v) is 14.2. The lowest BCUT2D eigenvalue weighted by molar-refractivity contribution is -0.0487. The molecule has 1 aliphatic heterocycles. The lowest BCUT2D eigenvalue weighted by Gasteiger charge is -2.11. The molecule has 25 heavy (non-hydrogen) atoms. The second kappa shape index (κ2) is 5.95. The second-order valence-electron chi connectivity index (χ2n) is 6.16. The average molecular weight is 354 g/mol. The van der Waals surface area contributed by atoms with Gasteiger partial charge in [0.1, 0.15) is 5.52 Å². The van der Waals surface area contributed by atoms with Crippen LogP contribution in [0.15, 0.2) is 42.5 Å². The highest BCUT2D eigenvalue weighted by Gasteiger charge is 2.19. The number of aryl methyl sites for hydroxylation is 1. The van der Waals surface area contributed by atoms with E-state index in [1.807, 2.05) is 42.5 Å². The second-order valence-corrected chi connectivity index (χ2v) is 6.59. The molecule has 0 bridgehead atoms. The van der Waals surface area contributed by atoms with E-state index in [0.717, 1.165) is 46.1 Å². The number of aromatic nitrogens is 3. The van der Waals surface area contributed by atoms with Crippen LogP contribution >= 0.6 is 11.6 Å². The van der Waals surface area contributed by atoms with Gasteiger partial charge in [0, 0.05) is 23.4 Å². The Hall–Kier alpha value is -2.21. The molecular weight excluding hydrogens is 338 g/mol. The molecule has 0 unspecified atom stereocenters. The smallest absolute Gasteiger partial charge is 0.160 e. The largest absolute Gasteiger partial charge is 0.350 e. The Morgan fingerprint density at radius 3 is 2.60 bits per heavy atom. The van der Waals surface area contributed by atoms with E-state index in [1.54, 1.807) is 0 Å². The standard InChI is InChI=1S/C19H16ClN3O2/c20-12-5-6-16-13(11-12)18-19(22-15-4-2-1-3-14(15)21-18)23(16)8-7-17-24-9-10-25-17/h1-6,11,17H,7-10H2. The van der Waals surface area contributed by atoms with Gasteiger partial charge in [-0.1, -0.05) is 23.7 Å². The third-order valence-electron chi connectivity index (χ3n) is 4.59. The van der Waals surface area contributed by atoms with E-state index in [4.69, 9.17) is 31.0 Å². The summed E-state index contributed by atoms with van der Waals surface area (Å²) in [6.07, 6.45) is 0.629. The van der Waals surface area contributed by atoms with Crippen LogP contribution in [-0.2, 0) is 16.0 Å². The zero-order chi connectivity index (χ0) is 16.8. The van der Waals surface area contributed by atoms with E-state index in [9.17, 15) is 0 Å². The first-order valence-electron chi connectivity index (χ1n) is 8.37. The van der Waals surface area contributed by atoms with E-state index in [2.05, 4.69) is 4.57 Å². The molecular formula is C19H16ClN3O2. The van der Waals surface area contributed by atoms with Crippen molar-refractivity contribution in [2.24, 2.45) is 0 Å². The van der Waals surface area contributed by atoms with Crippen LogP contribution in [0.5, 0.6) is 0 Å². The van der Waals surface area contributed by atoms with Crippen molar-refractivity contribution in [3.63, 3.8) is 0 Å². The van der Waals surface area contributed by atoms with Crippen molar-refractivity contribution in [3.8, 4) is 0 Å². The molecule has 0 amide bonds. The van der Waals surface area contributed by atoms with Crippen LogP contribution in [0.25, 0.3) is 33.1 Å². The number of benzene rings is 2. The van der Waals surface area contributed by atoms with Crippen molar-refractivity contribution >= 4 is 44.7 Å². The lowest BCUT2D eigenvalue weighted by atomic mass is 10.2. The summed E-state index contributed by atoms with van der Waals surface area (Å²) in [6.45, 7) is 2.08. The van der Waals surface area contributed by atoms with Gasteiger partial charge in [0.05, 0.1) is 29.8 Å². The summed E-state index contributed by atoms with van der Waals surface area (Å²) in [5, 5.41) is 1.72. The Morgan fingerprint density at radius 1 is 1.04 bits per heavy atom. The van der Waals surface area contributed by atoms with Gasteiger partial charge in [-0.05, 0) is 30.3 Å². The number of para-hydroxylation sites is 2. The maximum Gasteiger partial charge on any atom is 0.160 e. The summed E-state index contributed by atoms with van der Waals surface area (Å²) in [5.74, 6) is 0. The average Bonchev–Trinajstić information content (AvgIpc) is 3.24. The summed E-state index contributed by atoms with van der Waals surface area (Å²) in [5.41, 5.74) is 4.60. The van der Waals surface area contributed by atoms with Gasteiger partial charge in [0.25, 0.3) is 0 Å². The highest BCUT2D eigenvalue weighted by Crippen LogP contribution is 2.31. The first-order chi connectivity index (χ1) is 12.3. The molecule has 0 spiro atoms. The molecule has 5 nitrogen and oxygen atoms in total. The van der Waals surface area contributed by atoms with Gasteiger partial charge in [-0.25, -0.2) is 9.97 Å². The van der Waals surface area contributed by atoms with Gasteiger partial charge < -0.3 is 14.0 Å². The fourth-order valence-corrected chi connectivity index (χ4v) is 3.61. The zero-order valence-electron chi connectivity index (χ0n) is 13.5. The van der Waals surface area contributed by atoms with E-state index in [-0.39, 0.29) is 6.29 Å². The van der Waals surface area contributed by atoms with E-state index in [0.29, 0.717) is 18.2 Å². The van der Waals surface area contributed by atoms with Crippen LogP contribution in [0.1, 0.15) is 6.42 Å². The Bertz CT molecular complexity index is 1090. The van der Waals surface area contributed by atoms with Gasteiger partial charge in [-0.15, -0.1) is 0 Å². The Kier molecular flexibility index (Phi) is 3.59. The quantitative estimate of drug-likeness (QED) is 0.555. The first kappa shape index (κ1) is 15.1. The fraction of sp³-hybridized carbons (Fsp3) is 0.263. The molecule has 0 radical (unpaired) electrons.